The van der Waals surface area contributed by atoms with Gasteiger partial charge in [0.15, 0.2) is 0 Å². The zero-order valence-electron chi connectivity index (χ0n) is 15.6. The molecule has 0 unspecified atom stereocenters. The normalized spacial score (nSPS) is 11.0. The van der Waals surface area contributed by atoms with E-state index < -0.39 is 20.8 Å². The number of halogens is 2. The van der Waals surface area contributed by atoms with Gasteiger partial charge in [-0.2, -0.15) is 0 Å². The molecule has 1 N–H and O–H groups in total. The number of hydrogen-bond donors (Lipinski definition) is 1. The van der Waals surface area contributed by atoms with Crippen molar-refractivity contribution < 1.29 is 30.7 Å². The Morgan fingerprint density at radius 3 is 2.35 bits per heavy atom. The monoisotopic (exact) mass is 471 g/mol. The predicted molar refractivity (Wildman–Crippen MR) is 108 cm³/mol. The number of aromatic hydroxyl groups is 1. The first-order chi connectivity index (χ1) is 12.4. The molecule has 6 heteroatoms. The van der Waals surface area contributed by atoms with Crippen molar-refractivity contribution in [1.82, 2.24) is 0 Å². The van der Waals surface area contributed by atoms with Crippen LogP contribution < -0.4 is 4.74 Å². The summed E-state index contributed by atoms with van der Waals surface area (Å²) < 4.78 is 5.40. The summed E-state index contributed by atoms with van der Waals surface area (Å²) in [5, 5.41) is 10.7. The molecule has 0 aromatic heterocycles. The second kappa shape index (κ2) is 11.8. The van der Waals surface area contributed by atoms with Gasteiger partial charge in [-0.05, 0) is 36.1 Å². The third kappa shape index (κ3) is 7.06. The number of rotatable bonds is 6. The molecule has 0 bridgehead atoms. The van der Waals surface area contributed by atoms with Crippen LogP contribution >= 0.6 is 17.0 Å². The summed E-state index contributed by atoms with van der Waals surface area (Å²) >= 11 is -0.826. The van der Waals surface area contributed by atoms with Crippen molar-refractivity contribution in [2.24, 2.45) is 4.99 Å². The van der Waals surface area contributed by atoms with Crippen LogP contribution in [0.4, 0.5) is 5.69 Å². The first-order valence-electron chi connectivity index (χ1n) is 8.36. The van der Waals surface area contributed by atoms with Crippen molar-refractivity contribution >= 4 is 28.9 Å². The van der Waals surface area contributed by atoms with E-state index in [1.54, 1.807) is 13.3 Å². The van der Waals surface area contributed by atoms with Gasteiger partial charge in [0.1, 0.15) is 11.5 Å². The maximum atomic E-state index is 10.7. The minimum absolute atomic E-state index is 0.122. The van der Waals surface area contributed by atoms with Gasteiger partial charge in [-0.1, -0.05) is 45.4 Å². The number of nitrogens with zero attached hydrogens (tertiary/aromatic N) is 1. The number of aliphatic imine (C=N–C) groups is 1. The van der Waals surface area contributed by atoms with Gasteiger partial charge in [0.2, 0.25) is 0 Å². The number of benzene rings is 2. The van der Waals surface area contributed by atoms with Gasteiger partial charge in [-0.25, -0.2) is 0 Å². The van der Waals surface area contributed by atoms with Crippen LogP contribution in [0.1, 0.15) is 44.7 Å². The van der Waals surface area contributed by atoms with Crippen molar-refractivity contribution in [1.29, 1.82) is 0 Å². The molecule has 3 nitrogen and oxygen atoms in total. The molecule has 0 aliphatic rings. The molecule has 0 fully saturated rings. The molecule has 0 aliphatic heterocycles. The third-order valence-electron chi connectivity index (χ3n) is 4.06. The Balaban J connectivity index is 0.00000105. The number of phenols is 1. The Labute approximate surface area is 175 Å². The summed E-state index contributed by atoms with van der Waals surface area (Å²) in [6, 6.07) is 13.4. The van der Waals surface area contributed by atoms with Crippen LogP contribution in [0, 0.1) is 0 Å². The number of ether oxygens (including phenoxy) is 1. The number of para-hydroxylation sites is 1. The summed E-state index contributed by atoms with van der Waals surface area (Å²) in [7, 11) is 11.5. The Morgan fingerprint density at radius 1 is 1.19 bits per heavy atom. The fourth-order valence-corrected chi connectivity index (χ4v) is 2.78. The number of hydrogen-bond acceptors (Lipinski definition) is 3. The fourth-order valence-electron chi connectivity index (χ4n) is 2.78. The quantitative estimate of drug-likeness (QED) is 0.480. The van der Waals surface area contributed by atoms with Crippen molar-refractivity contribution in [2.75, 3.05) is 7.11 Å². The Bertz CT molecular complexity index is 706. The molecule has 140 valence electrons. The summed E-state index contributed by atoms with van der Waals surface area (Å²) in [6.07, 6.45) is 3.73. The molecule has 0 amide bonds. The summed E-state index contributed by atoms with van der Waals surface area (Å²) in [6.45, 7) is 6.43. The molecule has 0 heterocycles. The second-order valence-electron chi connectivity index (χ2n) is 6.41. The van der Waals surface area contributed by atoms with Gasteiger partial charge < -0.3 is 9.84 Å². The molecule has 2 rings (SSSR count). The summed E-state index contributed by atoms with van der Waals surface area (Å²) in [5.41, 5.74) is 2.30. The summed E-state index contributed by atoms with van der Waals surface area (Å²) in [4.78, 5) is 4.44. The summed E-state index contributed by atoms with van der Waals surface area (Å²) in [5.74, 6) is 1.01. The first-order valence-corrected chi connectivity index (χ1v) is 14.7. The van der Waals surface area contributed by atoms with E-state index in [1.165, 1.54) is 0 Å². The molecule has 0 radical (unpaired) electrons. The molecule has 2 aromatic carbocycles. The van der Waals surface area contributed by atoms with Crippen molar-refractivity contribution in [3.05, 3.63) is 53.6 Å². The Kier molecular flexibility index (Phi) is 10.5. The van der Waals surface area contributed by atoms with Crippen LogP contribution in [0.3, 0.4) is 0 Å². The van der Waals surface area contributed by atoms with E-state index >= 15 is 0 Å². The molecule has 0 spiro atoms. The second-order valence-corrected chi connectivity index (χ2v) is 10.1. The van der Waals surface area contributed by atoms with E-state index in [4.69, 9.17) is 21.8 Å². The van der Waals surface area contributed by atoms with E-state index in [9.17, 15) is 5.11 Å². The van der Waals surface area contributed by atoms with E-state index in [2.05, 4.69) is 25.8 Å². The van der Waals surface area contributed by atoms with Gasteiger partial charge in [-0.3, -0.25) is 4.99 Å². The van der Waals surface area contributed by atoms with E-state index in [0.717, 1.165) is 29.8 Å². The molecule has 0 atom stereocenters. The number of methoxy groups -OCH3 is 1. The van der Waals surface area contributed by atoms with Gasteiger partial charge in [0.05, 0.1) is 12.8 Å². The molecule has 0 saturated carbocycles. The SMILES string of the molecule is CCCC(C)(C)c1cc(OC)cc(C=Nc2ccccc2)c1O.[Cl][Zr][Cl]. The zero-order chi connectivity index (χ0) is 19.6. The molecule has 2 aromatic rings. The molecule has 26 heavy (non-hydrogen) atoms. The van der Waals surface area contributed by atoms with E-state index in [0.29, 0.717) is 5.56 Å². The maximum absolute atomic E-state index is 10.7. The first kappa shape index (κ1) is 23.2. The number of phenolic OH excluding ortho intramolecular Hbond substituents is 1. The van der Waals surface area contributed by atoms with Crippen molar-refractivity contribution in [3.63, 3.8) is 0 Å². The van der Waals surface area contributed by atoms with Crippen LogP contribution in [0.15, 0.2) is 47.5 Å². The topological polar surface area (TPSA) is 41.8 Å². The van der Waals surface area contributed by atoms with Crippen LogP contribution in [0.25, 0.3) is 0 Å². The van der Waals surface area contributed by atoms with Crippen molar-refractivity contribution in [2.45, 2.75) is 39.0 Å². The zero-order valence-corrected chi connectivity index (χ0v) is 19.6. The average Bonchev–Trinajstić information content (AvgIpc) is 2.62. The van der Waals surface area contributed by atoms with Gasteiger partial charge in [0, 0.05) is 17.3 Å². The van der Waals surface area contributed by atoms with Crippen LogP contribution in [-0.4, -0.2) is 18.4 Å². The molecular formula is C20H25Cl2NO2Zr. The standard InChI is InChI=1S/C20H25NO2.2ClH.Zr/c1-5-11-20(2,3)18-13-17(23-4)12-15(19(18)22)14-21-16-9-7-6-8-10-16;;;/h6-10,12-14,22H,5,11H2,1-4H3;2*1H;/q;;;+2/p-2. The van der Waals surface area contributed by atoms with Crippen LogP contribution in [0.5, 0.6) is 11.5 Å². The van der Waals surface area contributed by atoms with Gasteiger partial charge >= 0.3 is 37.9 Å². The predicted octanol–water partition coefficient (Wildman–Crippen LogP) is 6.61. The Morgan fingerprint density at radius 2 is 1.81 bits per heavy atom. The molecular weight excluding hydrogens is 448 g/mol. The average molecular weight is 474 g/mol. The Hall–Kier alpha value is -0.827. The van der Waals surface area contributed by atoms with Gasteiger partial charge in [-0.15, -0.1) is 0 Å². The van der Waals surface area contributed by atoms with E-state index in [1.807, 2.05) is 42.5 Å². The fraction of sp³-hybridized carbons (Fsp3) is 0.350. The van der Waals surface area contributed by atoms with Crippen LogP contribution in [0.2, 0.25) is 0 Å². The molecule has 0 aliphatic carbocycles. The third-order valence-corrected chi connectivity index (χ3v) is 4.06. The van der Waals surface area contributed by atoms with E-state index in [-0.39, 0.29) is 11.2 Å². The van der Waals surface area contributed by atoms with Crippen molar-refractivity contribution in [3.8, 4) is 11.5 Å². The van der Waals surface area contributed by atoms with Gasteiger partial charge in [0.25, 0.3) is 0 Å². The minimum atomic E-state index is -0.826. The van der Waals surface area contributed by atoms with Crippen LogP contribution in [-0.2, 0) is 26.3 Å². The molecule has 0 saturated heterocycles.